The van der Waals surface area contributed by atoms with Gasteiger partial charge in [-0.15, -0.1) is 11.3 Å². The Balaban J connectivity index is 1.26. The summed E-state index contributed by atoms with van der Waals surface area (Å²) in [4.78, 5) is 15.1. The van der Waals surface area contributed by atoms with Crippen molar-refractivity contribution >= 4 is 74.9 Å². The summed E-state index contributed by atoms with van der Waals surface area (Å²) < 4.78 is 58.0. The first-order valence-corrected chi connectivity index (χ1v) is 19.9. The molecular formula is C53H32N4S. The molecule has 58 heavy (non-hydrogen) atoms. The summed E-state index contributed by atoms with van der Waals surface area (Å²) in [5.74, 6) is 1.39. The van der Waals surface area contributed by atoms with Crippen molar-refractivity contribution in [1.29, 1.82) is 0 Å². The van der Waals surface area contributed by atoms with Crippen molar-refractivity contribution in [2.45, 2.75) is 0 Å². The van der Waals surface area contributed by atoms with Gasteiger partial charge in [0.1, 0.15) is 0 Å². The molecule has 0 aliphatic carbocycles. The number of thiophene rings is 1. The van der Waals surface area contributed by atoms with Crippen LogP contribution in [0.15, 0.2) is 194 Å². The minimum absolute atomic E-state index is 0.0578. The number of rotatable bonds is 5. The quantitative estimate of drug-likeness (QED) is 0.164. The molecule has 0 aliphatic heterocycles. The monoisotopic (exact) mass is 762 g/mol. The molecule has 0 bridgehead atoms. The van der Waals surface area contributed by atoms with Crippen LogP contribution in [0, 0.1) is 0 Å². The van der Waals surface area contributed by atoms with Crippen LogP contribution in [0.4, 0.5) is 0 Å². The number of para-hydroxylation sites is 1. The Morgan fingerprint density at radius 3 is 1.74 bits per heavy atom. The molecule has 5 heteroatoms. The summed E-state index contributed by atoms with van der Waals surface area (Å²) >= 11 is 1.22. The number of benzene rings is 9. The van der Waals surface area contributed by atoms with Crippen LogP contribution < -0.4 is 0 Å². The van der Waals surface area contributed by atoms with E-state index in [1.165, 1.54) is 17.4 Å². The van der Waals surface area contributed by atoms with E-state index in [4.69, 9.17) is 19.1 Å². The summed E-state index contributed by atoms with van der Waals surface area (Å²) in [6.45, 7) is 0. The fourth-order valence-electron chi connectivity index (χ4n) is 8.45. The van der Waals surface area contributed by atoms with E-state index in [-0.39, 0.29) is 47.0 Å². The van der Waals surface area contributed by atoms with E-state index < -0.39 is 0 Å². The lowest BCUT2D eigenvalue weighted by Crippen LogP contribution is -2.02. The fourth-order valence-corrected chi connectivity index (χ4v) is 9.54. The molecule has 12 aromatic rings. The van der Waals surface area contributed by atoms with Crippen LogP contribution in [-0.2, 0) is 0 Å². The zero-order valence-electron chi connectivity index (χ0n) is 36.7. The van der Waals surface area contributed by atoms with Gasteiger partial charge in [-0.2, -0.15) is 0 Å². The second-order valence-corrected chi connectivity index (χ2v) is 15.3. The molecule has 3 aromatic heterocycles. The molecule has 0 unspecified atom stereocenters. The van der Waals surface area contributed by atoms with Crippen molar-refractivity contribution in [2.75, 3.05) is 0 Å². The molecule has 0 fully saturated rings. The summed E-state index contributed by atoms with van der Waals surface area (Å²) in [5, 5.41) is 7.08. The Kier molecular flexibility index (Phi) is 6.12. The third-order valence-electron chi connectivity index (χ3n) is 11.0. The highest BCUT2D eigenvalue weighted by atomic mass is 32.1. The van der Waals surface area contributed by atoms with E-state index in [0.29, 0.717) is 43.6 Å². The molecule has 0 saturated heterocycles. The standard InChI is InChI=1S/C53H32N4S/c1-3-16-33(17-4-1)51-54-52(34-18-5-2-6-19-34)56-53(55-51)35-30-31-46(44(32-35)42-27-15-26-41-38-22-12-14-29-47(38)58-50(41)42)57-45-28-13-11-25-43(45)48-39-23-9-7-20-36(39)37-21-8-10-24-40(37)49(48)57/h1-32H/i12D,15D,22D,26D,27D,29D. The maximum absolute atomic E-state index is 9.75. The predicted molar refractivity (Wildman–Crippen MR) is 244 cm³/mol. The molecule has 0 N–H and O–H groups in total. The van der Waals surface area contributed by atoms with Crippen LogP contribution in [0.25, 0.3) is 115 Å². The number of aromatic nitrogens is 4. The molecule has 0 atom stereocenters. The largest absolute Gasteiger partial charge is 0.308 e. The van der Waals surface area contributed by atoms with Crippen LogP contribution in [0.1, 0.15) is 8.22 Å². The number of hydrogen-bond acceptors (Lipinski definition) is 4. The maximum Gasteiger partial charge on any atom is 0.164 e. The number of nitrogens with zero attached hydrogens (tertiary/aromatic N) is 4. The van der Waals surface area contributed by atoms with Crippen molar-refractivity contribution < 1.29 is 8.22 Å². The highest BCUT2D eigenvalue weighted by molar-refractivity contribution is 7.26. The minimum atomic E-state index is -0.309. The average Bonchev–Trinajstić information content (AvgIpc) is 3.91. The number of fused-ring (bicyclic) bond motifs is 11. The third kappa shape index (κ3) is 5.04. The van der Waals surface area contributed by atoms with Crippen LogP contribution in [0.2, 0.25) is 0 Å². The van der Waals surface area contributed by atoms with E-state index in [0.717, 1.165) is 60.2 Å². The van der Waals surface area contributed by atoms with Gasteiger partial charge in [-0.3, -0.25) is 0 Å². The second-order valence-electron chi connectivity index (χ2n) is 14.3. The fraction of sp³-hybridized carbons (Fsp3) is 0. The molecule has 0 amide bonds. The van der Waals surface area contributed by atoms with Gasteiger partial charge in [0, 0.05) is 64.1 Å². The maximum atomic E-state index is 9.75. The Morgan fingerprint density at radius 2 is 1.02 bits per heavy atom. The SMILES string of the molecule is [2H]c1cc([2H])c2sc3c(-c4cc(-c5nc(-c6ccccc6)nc(-c6ccccc6)n5)ccc4-n4c5ccccc5c5c6ccccc6c6ccccc6c54)c([2H])c([2H])c([2H])c3c2c1[2H]. The molecule has 0 saturated carbocycles. The van der Waals surface area contributed by atoms with Crippen molar-refractivity contribution in [3.05, 3.63) is 194 Å². The van der Waals surface area contributed by atoms with Gasteiger partial charge < -0.3 is 4.57 Å². The highest BCUT2D eigenvalue weighted by Gasteiger charge is 2.23. The van der Waals surface area contributed by atoms with Gasteiger partial charge in [0.25, 0.3) is 0 Å². The summed E-state index contributed by atoms with van der Waals surface area (Å²) in [7, 11) is 0. The van der Waals surface area contributed by atoms with Crippen LogP contribution in [0.3, 0.4) is 0 Å². The van der Waals surface area contributed by atoms with Gasteiger partial charge in [0.2, 0.25) is 0 Å². The van der Waals surface area contributed by atoms with Crippen molar-refractivity contribution in [1.82, 2.24) is 19.5 Å². The molecular weight excluding hydrogens is 725 g/mol. The zero-order chi connectivity index (χ0) is 43.4. The van der Waals surface area contributed by atoms with Gasteiger partial charge in [0.15, 0.2) is 17.5 Å². The van der Waals surface area contributed by atoms with Gasteiger partial charge in [-0.1, -0.05) is 164 Å². The van der Waals surface area contributed by atoms with E-state index in [2.05, 4.69) is 71.3 Å². The predicted octanol–water partition coefficient (Wildman–Crippen LogP) is 14.3. The van der Waals surface area contributed by atoms with E-state index in [1.807, 2.05) is 84.9 Å². The normalized spacial score (nSPS) is 13.2. The van der Waals surface area contributed by atoms with Crippen LogP contribution in [-0.4, -0.2) is 19.5 Å². The lowest BCUT2D eigenvalue weighted by atomic mass is 9.96. The molecule has 0 radical (unpaired) electrons. The minimum Gasteiger partial charge on any atom is -0.308 e. The molecule has 12 rings (SSSR count). The Labute approximate surface area is 346 Å². The van der Waals surface area contributed by atoms with Crippen LogP contribution in [0.5, 0.6) is 0 Å². The van der Waals surface area contributed by atoms with Crippen molar-refractivity contribution in [2.24, 2.45) is 0 Å². The Bertz CT molecular complexity index is 3870. The first-order valence-electron chi connectivity index (χ1n) is 22.0. The lowest BCUT2D eigenvalue weighted by Gasteiger charge is -2.18. The van der Waals surface area contributed by atoms with Gasteiger partial charge >= 0.3 is 0 Å². The molecule has 0 aliphatic rings. The smallest absolute Gasteiger partial charge is 0.164 e. The molecule has 270 valence electrons. The summed E-state index contributed by atoms with van der Waals surface area (Å²) in [6.07, 6.45) is 0. The Morgan fingerprint density at radius 1 is 0.431 bits per heavy atom. The zero-order valence-corrected chi connectivity index (χ0v) is 31.5. The summed E-state index contributed by atoms with van der Waals surface area (Å²) in [6, 6.07) is 51.2. The summed E-state index contributed by atoms with van der Waals surface area (Å²) in [5.41, 5.74) is 5.88. The first kappa shape index (κ1) is 27.2. The van der Waals surface area contributed by atoms with Crippen LogP contribution >= 0.6 is 11.3 Å². The second kappa shape index (κ2) is 13.1. The van der Waals surface area contributed by atoms with E-state index >= 15 is 0 Å². The highest BCUT2D eigenvalue weighted by Crippen LogP contribution is 2.47. The number of hydrogen-bond donors (Lipinski definition) is 0. The van der Waals surface area contributed by atoms with Gasteiger partial charge in [0.05, 0.1) is 24.9 Å². The lowest BCUT2D eigenvalue weighted by molar-refractivity contribution is 1.07. The molecule has 4 nitrogen and oxygen atoms in total. The van der Waals surface area contributed by atoms with Gasteiger partial charge in [-0.25, -0.2) is 15.0 Å². The van der Waals surface area contributed by atoms with E-state index in [1.54, 1.807) is 0 Å². The van der Waals surface area contributed by atoms with Crippen molar-refractivity contribution in [3.63, 3.8) is 0 Å². The first-order chi connectivity index (χ1) is 31.3. The Hall–Kier alpha value is -7.47. The average molecular weight is 763 g/mol. The van der Waals surface area contributed by atoms with Crippen molar-refractivity contribution in [3.8, 4) is 51.0 Å². The molecule has 0 spiro atoms. The third-order valence-corrected chi connectivity index (χ3v) is 12.1. The van der Waals surface area contributed by atoms with Gasteiger partial charge in [-0.05, 0) is 46.5 Å². The molecule has 9 aromatic carbocycles. The van der Waals surface area contributed by atoms with E-state index in [9.17, 15) is 4.11 Å². The topological polar surface area (TPSA) is 43.6 Å². The molecule has 3 heterocycles.